The van der Waals surface area contributed by atoms with E-state index in [1.165, 1.54) is 6.42 Å². The van der Waals surface area contributed by atoms with E-state index in [0.717, 1.165) is 64.0 Å². The van der Waals surface area contributed by atoms with Crippen molar-refractivity contribution in [1.29, 1.82) is 0 Å². The van der Waals surface area contributed by atoms with Crippen LogP contribution in [0.1, 0.15) is 50.0 Å². The highest BCUT2D eigenvalue weighted by Gasteiger charge is 2.31. The summed E-state index contributed by atoms with van der Waals surface area (Å²) in [6.45, 7) is 9.54. The number of fused-ring (bicyclic) bond motifs is 1. The molecule has 6 rings (SSSR count). The summed E-state index contributed by atoms with van der Waals surface area (Å²) in [5.74, 6) is 2.51. The first-order valence-corrected chi connectivity index (χ1v) is 14.2. The number of imidazole rings is 1. The van der Waals surface area contributed by atoms with Gasteiger partial charge in [-0.25, -0.2) is 4.98 Å². The standard InChI is InChI=1S/C33H34ClN3O3/c1-21-13-15-36(18-21)22(2)19-39-26-10-7-24(8-11-26)33-31(23(3)28-17-25(38)9-12-30(28)40-33)27-5-4-6-29(32(27)34)37-16-14-35-20-37/h4-12,14,16-17,20-22,33,38H,13,15,18-19H2,1-3H3/t21-,22+,33?/m1/s1. The van der Waals surface area contributed by atoms with Crippen molar-refractivity contribution in [2.45, 2.75) is 39.3 Å². The Bertz CT molecular complexity index is 1530. The molecule has 0 amide bonds. The number of hydrogen-bond donors (Lipinski definition) is 1. The van der Waals surface area contributed by atoms with Gasteiger partial charge in [-0.1, -0.05) is 42.8 Å². The zero-order valence-electron chi connectivity index (χ0n) is 23.0. The van der Waals surface area contributed by atoms with Crippen molar-refractivity contribution in [3.63, 3.8) is 0 Å². The summed E-state index contributed by atoms with van der Waals surface area (Å²) < 4.78 is 14.7. The molecule has 40 heavy (non-hydrogen) atoms. The van der Waals surface area contributed by atoms with Crippen molar-refractivity contribution in [3.8, 4) is 22.9 Å². The number of hydrogen-bond acceptors (Lipinski definition) is 5. The highest BCUT2D eigenvalue weighted by molar-refractivity contribution is 6.34. The van der Waals surface area contributed by atoms with Crippen LogP contribution >= 0.6 is 11.6 Å². The molecule has 7 heteroatoms. The fourth-order valence-electron chi connectivity index (χ4n) is 5.78. The second kappa shape index (κ2) is 11.0. The van der Waals surface area contributed by atoms with Gasteiger partial charge in [0, 0.05) is 41.7 Å². The number of halogens is 1. The summed E-state index contributed by atoms with van der Waals surface area (Å²) in [5, 5.41) is 10.8. The van der Waals surface area contributed by atoms with Gasteiger partial charge in [0.05, 0.1) is 17.0 Å². The monoisotopic (exact) mass is 555 g/mol. The molecular weight excluding hydrogens is 522 g/mol. The number of rotatable bonds is 7. The van der Waals surface area contributed by atoms with Crippen LogP contribution in [0.4, 0.5) is 0 Å². The van der Waals surface area contributed by atoms with E-state index in [1.54, 1.807) is 24.7 Å². The summed E-state index contributed by atoms with van der Waals surface area (Å²) in [6.07, 6.45) is 6.20. The Morgan fingerprint density at radius 1 is 1.12 bits per heavy atom. The lowest BCUT2D eigenvalue weighted by atomic mass is 9.86. The van der Waals surface area contributed by atoms with Gasteiger partial charge in [-0.2, -0.15) is 0 Å². The van der Waals surface area contributed by atoms with E-state index in [2.05, 4.69) is 42.8 Å². The number of phenolic OH excluding ortho intramolecular Hbond substituents is 1. The second-order valence-corrected chi connectivity index (χ2v) is 11.3. The lowest BCUT2D eigenvalue weighted by Gasteiger charge is -2.32. The molecule has 3 atom stereocenters. The minimum absolute atomic E-state index is 0.192. The van der Waals surface area contributed by atoms with E-state index in [9.17, 15) is 5.11 Å². The van der Waals surface area contributed by atoms with Crippen LogP contribution in [0, 0.1) is 5.92 Å². The zero-order chi connectivity index (χ0) is 27.8. The lowest BCUT2D eigenvalue weighted by molar-refractivity contribution is 0.169. The van der Waals surface area contributed by atoms with Crippen LogP contribution in [0.3, 0.4) is 0 Å². The van der Waals surface area contributed by atoms with E-state index < -0.39 is 6.10 Å². The molecule has 2 aliphatic rings. The maximum Gasteiger partial charge on any atom is 0.150 e. The Balaban J connectivity index is 1.33. The van der Waals surface area contributed by atoms with Gasteiger partial charge in [-0.15, -0.1) is 0 Å². The van der Waals surface area contributed by atoms with Crippen molar-refractivity contribution in [2.24, 2.45) is 5.92 Å². The Morgan fingerprint density at radius 3 is 2.67 bits per heavy atom. The fraction of sp³-hybridized carbons (Fsp3) is 0.303. The molecule has 4 aromatic rings. The van der Waals surface area contributed by atoms with Crippen molar-refractivity contribution < 1.29 is 14.6 Å². The Labute approximate surface area is 240 Å². The summed E-state index contributed by atoms with van der Waals surface area (Å²) >= 11 is 7.06. The van der Waals surface area contributed by atoms with Gasteiger partial charge >= 0.3 is 0 Å². The predicted molar refractivity (Wildman–Crippen MR) is 159 cm³/mol. The molecule has 206 valence electrons. The maximum atomic E-state index is 10.2. The molecular formula is C33H34ClN3O3. The smallest absolute Gasteiger partial charge is 0.150 e. The van der Waals surface area contributed by atoms with Crippen LogP contribution in [0.2, 0.25) is 5.02 Å². The molecule has 1 N–H and O–H groups in total. The van der Waals surface area contributed by atoms with Gasteiger partial charge in [0.1, 0.15) is 30.0 Å². The molecule has 6 nitrogen and oxygen atoms in total. The molecule has 0 bridgehead atoms. The first-order valence-electron chi connectivity index (χ1n) is 13.8. The number of phenols is 1. The zero-order valence-corrected chi connectivity index (χ0v) is 23.8. The Kier molecular flexibility index (Phi) is 7.30. The molecule has 2 aliphatic heterocycles. The molecule has 0 spiro atoms. The van der Waals surface area contributed by atoms with E-state index in [-0.39, 0.29) is 5.75 Å². The molecule has 0 aliphatic carbocycles. The summed E-state index contributed by atoms with van der Waals surface area (Å²) in [7, 11) is 0. The Hall–Kier alpha value is -3.74. The highest BCUT2D eigenvalue weighted by atomic mass is 35.5. The largest absolute Gasteiger partial charge is 0.508 e. The maximum absolute atomic E-state index is 10.2. The van der Waals surface area contributed by atoms with Gasteiger partial charge in [-0.05, 0) is 80.3 Å². The predicted octanol–water partition coefficient (Wildman–Crippen LogP) is 7.40. The molecule has 3 heterocycles. The van der Waals surface area contributed by atoms with Gasteiger partial charge in [0.15, 0.2) is 0 Å². The lowest BCUT2D eigenvalue weighted by Crippen LogP contribution is -2.35. The number of aromatic hydroxyl groups is 1. The molecule has 1 unspecified atom stereocenters. The fourth-order valence-corrected chi connectivity index (χ4v) is 6.10. The van der Waals surface area contributed by atoms with Crippen LogP contribution in [-0.4, -0.2) is 45.3 Å². The average Bonchev–Trinajstić information content (AvgIpc) is 3.65. The van der Waals surface area contributed by atoms with Gasteiger partial charge in [0.2, 0.25) is 0 Å². The van der Waals surface area contributed by atoms with E-state index in [4.69, 9.17) is 21.1 Å². The third-order valence-electron chi connectivity index (χ3n) is 8.08. The normalized spacial score (nSPS) is 19.8. The summed E-state index contributed by atoms with van der Waals surface area (Å²) in [4.78, 5) is 6.69. The number of likely N-dealkylation sites (tertiary alicyclic amines) is 1. The highest BCUT2D eigenvalue weighted by Crippen LogP contribution is 2.49. The minimum atomic E-state index is -0.397. The molecule has 0 radical (unpaired) electrons. The van der Waals surface area contributed by atoms with Crippen LogP contribution in [0.5, 0.6) is 17.2 Å². The van der Waals surface area contributed by atoms with Crippen LogP contribution in [0.15, 0.2) is 79.4 Å². The number of benzene rings is 3. The Morgan fingerprint density at radius 2 is 1.95 bits per heavy atom. The quantitative estimate of drug-likeness (QED) is 0.257. The van der Waals surface area contributed by atoms with Crippen LogP contribution in [0.25, 0.3) is 16.8 Å². The minimum Gasteiger partial charge on any atom is -0.508 e. The number of nitrogens with zero attached hydrogens (tertiary/aromatic N) is 3. The van der Waals surface area contributed by atoms with E-state index in [1.807, 2.05) is 47.2 Å². The molecule has 0 saturated carbocycles. The molecule has 1 saturated heterocycles. The third-order valence-corrected chi connectivity index (χ3v) is 8.48. The van der Waals surface area contributed by atoms with E-state index >= 15 is 0 Å². The van der Waals surface area contributed by atoms with Gasteiger partial charge in [0.25, 0.3) is 0 Å². The second-order valence-electron chi connectivity index (χ2n) is 10.9. The van der Waals surface area contributed by atoms with Crippen molar-refractivity contribution in [2.75, 3.05) is 19.7 Å². The van der Waals surface area contributed by atoms with Crippen LogP contribution in [-0.2, 0) is 0 Å². The number of allylic oxidation sites excluding steroid dienone is 1. The first kappa shape index (κ1) is 26.5. The first-order chi connectivity index (χ1) is 19.4. The summed E-state index contributed by atoms with van der Waals surface area (Å²) in [6, 6.07) is 19.7. The van der Waals surface area contributed by atoms with Crippen molar-refractivity contribution >= 4 is 22.7 Å². The van der Waals surface area contributed by atoms with Gasteiger partial charge in [-0.3, -0.25) is 4.90 Å². The summed E-state index contributed by atoms with van der Waals surface area (Å²) in [5.41, 5.74) is 5.50. The third kappa shape index (κ3) is 5.09. The topological polar surface area (TPSA) is 59.8 Å². The van der Waals surface area contributed by atoms with Crippen molar-refractivity contribution in [3.05, 3.63) is 101 Å². The van der Waals surface area contributed by atoms with Gasteiger partial charge < -0.3 is 19.1 Å². The molecule has 1 aromatic heterocycles. The average molecular weight is 556 g/mol. The van der Waals surface area contributed by atoms with Crippen LogP contribution < -0.4 is 9.47 Å². The SMILES string of the molecule is CC1=C(c2cccc(-n3ccnc3)c2Cl)C(c2ccc(OC[C@H](C)N3CC[C@@H](C)C3)cc2)Oc2ccc(O)cc21. The van der Waals surface area contributed by atoms with E-state index in [0.29, 0.717) is 17.7 Å². The molecule has 3 aromatic carbocycles. The number of ether oxygens (including phenoxy) is 2. The molecule has 1 fully saturated rings. The van der Waals surface area contributed by atoms with Crippen molar-refractivity contribution in [1.82, 2.24) is 14.5 Å². The number of aromatic nitrogens is 2.